The van der Waals surface area contributed by atoms with Crippen molar-refractivity contribution in [2.45, 2.75) is 52.5 Å². The number of carbonyl (C=O) groups excluding carboxylic acids is 1. The number of nitrogens with one attached hydrogen (secondary N) is 1. The number of amides is 1. The van der Waals surface area contributed by atoms with Crippen LogP contribution in [0.25, 0.3) is 11.2 Å². The first kappa shape index (κ1) is 18.2. The van der Waals surface area contributed by atoms with E-state index in [2.05, 4.69) is 33.8 Å². The number of imidazole rings is 1. The van der Waals surface area contributed by atoms with Gasteiger partial charge >= 0.3 is 0 Å². The zero-order valence-electron chi connectivity index (χ0n) is 17.2. The molecule has 2 aromatic heterocycles. The Morgan fingerprint density at radius 2 is 2.00 bits per heavy atom. The highest BCUT2D eigenvalue weighted by Crippen LogP contribution is 2.31. The number of hydrogen-bond acceptors (Lipinski definition) is 4. The molecule has 3 aromatic rings. The van der Waals surface area contributed by atoms with Crippen molar-refractivity contribution in [2.24, 2.45) is 0 Å². The van der Waals surface area contributed by atoms with E-state index in [-0.39, 0.29) is 5.91 Å². The van der Waals surface area contributed by atoms with E-state index in [4.69, 9.17) is 9.97 Å². The van der Waals surface area contributed by atoms with Crippen LogP contribution in [0.2, 0.25) is 0 Å². The number of rotatable bonds is 3. The molecule has 0 radical (unpaired) electrons. The van der Waals surface area contributed by atoms with E-state index in [0.29, 0.717) is 5.56 Å². The average molecular weight is 390 g/mol. The Bertz CT molecular complexity index is 1100. The zero-order chi connectivity index (χ0) is 20.0. The standard InChI is InChI=1S/C23H27N5O/c1-3-27-12-10-16-8-9-17(14-19(16)27)25-23(29)18-13-15(2)24-22-21(18)26-20-7-5-4-6-11-28(20)22/h8-9,13-14H,3-7,10-12H2,1-2H3,(H,25,29). The highest BCUT2D eigenvalue weighted by atomic mass is 16.1. The lowest BCUT2D eigenvalue weighted by atomic mass is 10.1. The fourth-order valence-electron chi connectivity index (χ4n) is 4.64. The second-order valence-electron chi connectivity index (χ2n) is 8.10. The van der Waals surface area contributed by atoms with Crippen LogP contribution in [-0.4, -0.2) is 33.5 Å². The van der Waals surface area contributed by atoms with Gasteiger partial charge in [-0.1, -0.05) is 12.5 Å². The fraction of sp³-hybridized carbons (Fsp3) is 0.435. The van der Waals surface area contributed by atoms with Crippen molar-refractivity contribution in [2.75, 3.05) is 23.3 Å². The molecule has 150 valence electrons. The molecule has 1 aromatic carbocycles. The van der Waals surface area contributed by atoms with Crippen LogP contribution in [0.5, 0.6) is 0 Å². The molecule has 0 spiro atoms. The lowest BCUT2D eigenvalue weighted by molar-refractivity contribution is 0.102. The van der Waals surface area contributed by atoms with Crippen LogP contribution in [0, 0.1) is 6.92 Å². The van der Waals surface area contributed by atoms with Gasteiger partial charge in [0, 0.05) is 43.1 Å². The maximum Gasteiger partial charge on any atom is 0.258 e. The molecule has 0 aliphatic carbocycles. The number of aromatic nitrogens is 3. The van der Waals surface area contributed by atoms with Crippen LogP contribution in [0.4, 0.5) is 11.4 Å². The molecule has 6 heteroatoms. The van der Waals surface area contributed by atoms with Gasteiger partial charge in [0.2, 0.25) is 0 Å². The Labute approximate surface area is 171 Å². The van der Waals surface area contributed by atoms with Gasteiger partial charge in [0.1, 0.15) is 11.3 Å². The number of nitrogens with zero attached hydrogens (tertiary/aromatic N) is 4. The summed E-state index contributed by atoms with van der Waals surface area (Å²) < 4.78 is 2.21. The Morgan fingerprint density at radius 1 is 1.10 bits per heavy atom. The van der Waals surface area contributed by atoms with Gasteiger partial charge in [0.05, 0.1) is 5.56 Å². The first-order valence-electron chi connectivity index (χ1n) is 10.7. The molecule has 0 saturated heterocycles. The van der Waals surface area contributed by atoms with Gasteiger partial charge in [-0.3, -0.25) is 4.79 Å². The van der Waals surface area contributed by atoms with Crippen LogP contribution in [0.3, 0.4) is 0 Å². The third kappa shape index (κ3) is 3.16. The van der Waals surface area contributed by atoms with E-state index in [1.165, 1.54) is 17.7 Å². The third-order valence-corrected chi connectivity index (χ3v) is 6.15. The highest BCUT2D eigenvalue weighted by molar-refractivity contribution is 6.11. The Hall–Kier alpha value is -2.89. The lowest BCUT2D eigenvalue weighted by Gasteiger charge is -2.17. The summed E-state index contributed by atoms with van der Waals surface area (Å²) in [5.41, 5.74) is 6.44. The number of likely N-dealkylation sites (N-methyl/N-ethyl adjacent to an activating group) is 1. The van der Waals surface area contributed by atoms with Crippen LogP contribution in [0.1, 0.15) is 53.6 Å². The maximum atomic E-state index is 13.2. The van der Waals surface area contributed by atoms with Crippen LogP contribution < -0.4 is 10.2 Å². The number of hydrogen-bond donors (Lipinski definition) is 1. The molecule has 4 heterocycles. The molecular formula is C23H27N5O. The van der Waals surface area contributed by atoms with Crippen molar-refractivity contribution < 1.29 is 4.79 Å². The van der Waals surface area contributed by atoms with Gasteiger partial charge in [-0.25, -0.2) is 9.97 Å². The van der Waals surface area contributed by atoms with Gasteiger partial charge in [-0.15, -0.1) is 0 Å². The largest absolute Gasteiger partial charge is 0.371 e. The van der Waals surface area contributed by atoms with Gasteiger partial charge in [-0.2, -0.15) is 0 Å². The number of anilines is 2. The minimum absolute atomic E-state index is 0.116. The van der Waals surface area contributed by atoms with Crippen molar-refractivity contribution in [3.05, 3.63) is 46.9 Å². The van der Waals surface area contributed by atoms with Gasteiger partial charge in [-0.05, 0) is 56.9 Å². The second kappa shape index (κ2) is 7.17. The first-order chi connectivity index (χ1) is 14.1. The quantitative estimate of drug-likeness (QED) is 0.732. The van der Waals surface area contributed by atoms with Crippen molar-refractivity contribution in [1.82, 2.24) is 14.5 Å². The molecule has 29 heavy (non-hydrogen) atoms. The van der Waals surface area contributed by atoms with Crippen molar-refractivity contribution in [3.8, 4) is 0 Å². The van der Waals surface area contributed by atoms with E-state index >= 15 is 0 Å². The molecular weight excluding hydrogens is 362 g/mol. The molecule has 0 atom stereocenters. The van der Waals surface area contributed by atoms with Crippen molar-refractivity contribution >= 4 is 28.4 Å². The highest BCUT2D eigenvalue weighted by Gasteiger charge is 2.22. The molecule has 5 rings (SSSR count). The minimum Gasteiger partial charge on any atom is -0.371 e. The molecule has 6 nitrogen and oxygen atoms in total. The second-order valence-corrected chi connectivity index (χ2v) is 8.10. The Kier molecular flexibility index (Phi) is 4.49. The lowest BCUT2D eigenvalue weighted by Crippen LogP contribution is -2.19. The van der Waals surface area contributed by atoms with E-state index in [0.717, 1.165) is 73.7 Å². The van der Waals surface area contributed by atoms with Crippen molar-refractivity contribution in [3.63, 3.8) is 0 Å². The molecule has 0 saturated carbocycles. The summed E-state index contributed by atoms with van der Waals surface area (Å²) in [7, 11) is 0. The van der Waals surface area contributed by atoms with Gasteiger partial charge in [0.15, 0.2) is 5.65 Å². The van der Waals surface area contributed by atoms with Crippen LogP contribution in [-0.2, 0) is 19.4 Å². The molecule has 1 N–H and O–H groups in total. The topological polar surface area (TPSA) is 63.1 Å². The number of pyridine rings is 1. The summed E-state index contributed by atoms with van der Waals surface area (Å²) in [6, 6.07) is 8.09. The predicted octanol–water partition coefficient (Wildman–Crippen LogP) is 4.10. The molecule has 0 bridgehead atoms. The minimum atomic E-state index is -0.116. The molecule has 0 unspecified atom stereocenters. The Balaban J connectivity index is 1.50. The third-order valence-electron chi connectivity index (χ3n) is 6.15. The van der Waals surface area contributed by atoms with E-state index in [1.807, 2.05) is 19.1 Å². The summed E-state index contributed by atoms with van der Waals surface area (Å²) in [6.07, 6.45) is 5.53. The number of aryl methyl sites for hydroxylation is 3. The molecule has 1 amide bonds. The number of fused-ring (bicyclic) bond motifs is 4. The summed E-state index contributed by atoms with van der Waals surface area (Å²) in [5, 5.41) is 3.10. The summed E-state index contributed by atoms with van der Waals surface area (Å²) >= 11 is 0. The molecule has 2 aliphatic rings. The smallest absolute Gasteiger partial charge is 0.258 e. The summed E-state index contributed by atoms with van der Waals surface area (Å²) in [6.45, 7) is 7.07. The maximum absolute atomic E-state index is 13.2. The predicted molar refractivity (Wildman–Crippen MR) is 116 cm³/mol. The van der Waals surface area contributed by atoms with E-state index in [1.54, 1.807) is 0 Å². The number of carbonyl (C=O) groups is 1. The number of benzene rings is 1. The van der Waals surface area contributed by atoms with Crippen molar-refractivity contribution in [1.29, 1.82) is 0 Å². The normalized spacial score (nSPS) is 15.9. The van der Waals surface area contributed by atoms with Gasteiger partial charge in [0.25, 0.3) is 5.91 Å². The first-order valence-corrected chi connectivity index (χ1v) is 10.7. The Morgan fingerprint density at radius 3 is 2.86 bits per heavy atom. The molecule has 0 fully saturated rings. The van der Waals surface area contributed by atoms with Gasteiger partial charge < -0.3 is 14.8 Å². The van der Waals surface area contributed by atoms with Crippen LogP contribution >= 0.6 is 0 Å². The van der Waals surface area contributed by atoms with Crippen LogP contribution in [0.15, 0.2) is 24.3 Å². The summed E-state index contributed by atoms with van der Waals surface area (Å²) in [5.74, 6) is 0.940. The monoisotopic (exact) mass is 389 g/mol. The molecule has 2 aliphatic heterocycles. The average Bonchev–Trinajstić information content (AvgIpc) is 3.19. The van der Waals surface area contributed by atoms with E-state index < -0.39 is 0 Å². The SMILES string of the molecule is CCN1CCc2ccc(NC(=O)c3cc(C)nc4c3nc3n4CCCCC3)cc21. The summed E-state index contributed by atoms with van der Waals surface area (Å²) in [4.78, 5) is 25.1. The van der Waals surface area contributed by atoms with E-state index in [9.17, 15) is 4.79 Å². The fourth-order valence-corrected chi connectivity index (χ4v) is 4.64. The zero-order valence-corrected chi connectivity index (χ0v) is 17.2.